The van der Waals surface area contributed by atoms with E-state index in [0.29, 0.717) is 34.2 Å². The monoisotopic (exact) mass is 721 g/mol. The number of nitrogens with zero attached hydrogens (tertiary/aromatic N) is 4. The minimum absolute atomic E-state index is 0.108. The predicted octanol–water partition coefficient (Wildman–Crippen LogP) is 13.2. The molecule has 11 aromatic rings. The van der Waals surface area contributed by atoms with Crippen molar-refractivity contribution in [3.8, 4) is 62.1 Å². The van der Waals surface area contributed by atoms with E-state index in [1.807, 2.05) is 66.7 Å². The van der Waals surface area contributed by atoms with Crippen molar-refractivity contribution in [3.05, 3.63) is 194 Å². The van der Waals surface area contributed by atoms with Crippen LogP contribution in [0.25, 0.3) is 106 Å². The molecule has 0 aliphatic carbocycles. The fourth-order valence-corrected chi connectivity index (χ4v) is 7.75. The summed E-state index contributed by atoms with van der Waals surface area (Å²) in [5.41, 5.74) is 9.64. The lowest BCUT2D eigenvalue weighted by Crippen LogP contribution is -2.00. The summed E-state index contributed by atoms with van der Waals surface area (Å²) in [5.74, 6) is 1.26. The number of rotatable bonds is 6. The number of aromatic nitrogens is 4. The van der Waals surface area contributed by atoms with Crippen LogP contribution in [0.5, 0.6) is 0 Å². The maximum Gasteiger partial charge on any atom is 0.164 e. The van der Waals surface area contributed by atoms with Crippen molar-refractivity contribution in [3.63, 3.8) is 0 Å². The third kappa shape index (κ3) is 5.37. The number of fused-ring (bicyclic) bond motifs is 6. The normalized spacial score (nSPS) is 12.8. The van der Waals surface area contributed by atoms with Crippen molar-refractivity contribution in [1.82, 2.24) is 19.5 Å². The molecule has 262 valence electrons. The zero-order valence-corrected chi connectivity index (χ0v) is 29.8. The molecule has 0 fully saturated rings. The van der Waals surface area contributed by atoms with Gasteiger partial charge in [0.05, 0.1) is 17.9 Å². The molecular weight excluding hydrogens is 685 g/mol. The van der Waals surface area contributed by atoms with E-state index in [-0.39, 0.29) is 17.6 Å². The number of furan rings is 1. The average molecular weight is 722 g/mol. The van der Waals surface area contributed by atoms with Crippen LogP contribution in [-0.2, 0) is 0 Å². The van der Waals surface area contributed by atoms with Crippen LogP contribution >= 0.6 is 0 Å². The van der Waals surface area contributed by atoms with Gasteiger partial charge in [-0.3, -0.25) is 0 Å². The third-order valence-electron chi connectivity index (χ3n) is 10.3. The molecule has 0 aliphatic rings. The lowest BCUT2D eigenvalue weighted by Gasteiger charge is -2.10. The Morgan fingerprint density at radius 2 is 1.04 bits per heavy atom. The van der Waals surface area contributed by atoms with Crippen molar-refractivity contribution in [2.24, 2.45) is 0 Å². The molecule has 0 unspecified atom stereocenters. The van der Waals surface area contributed by atoms with Crippen molar-refractivity contribution in [1.29, 1.82) is 0 Å². The minimum atomic E-state index is -0.439. The molecule has 56 heavy (non-hydrogen) atoms. The zero-order valence-electron chi connectivity index (χ0n) is 34.8. The summed E-state index contributed by atoms with van der Waals surface area (Å²) in [7, 11) is 0. The van der Waals surface area contributed by atoms with Gasteiger partial charge in [-0.25, -0.2) is 15.0 Å². The fourth-order valence-electron chi connectivity index (χ4n) is 7.75. The van der Waals surface area contributed by atoms with Gasteiger partial charge in [0.15, 0.2) is 17.5 Å². The Morgan fingerprint density at radius 1 is 0.411 bits per heavy atom. The van der Waals surface area contributed by atoms with Gasteiger partial charge < -0.3 is 8.98 Å². The van der Waals surface area contributed by atoms with Crippen LogP contribution < -0.4 is 0 Å². The van der Waals surface area contributed by atoms with Gasteiger partial charge in [0.1, 0.15) is 11.2 Å². The van der Waals surface area contributed by atoms with Crippen molar-refractivity contribution < 1.29 is 11.3 Å². The van der Waals surface area contributed by atoms with Gasteiger partial charge >= 0.3 is 0 Å². The summed E-state index contributed by atoms with van der Waals surface area (Å²) in [6.07, 6.45) is 0. The molecule has 5 heteroatoms. The number of para-hydroxylation sites is 2. The summed E-state index contributed by atoms with van der Waals surface area (Å²) in [6.45, 7) is 0. The second-order valence-electron chi connectivity index (χ2n) is 13.7. The van der Waals surface area contributed by atoms with E-state index in [0.717, 1.165) is 60.7 Å². The number of benzene rings is 8. The molecule has 0 amide bonds. The zero-order chi connectivity index (χ0) is 41.4. The van der Waals surface area contributed by atoms with Gasteiger partial charge in [-0.15, -0.1) is 0 Å². The Hall–Kier alpha value is -7.63. The second-order valence-corrected chi connectivity index (χ2v) is 13.7. The molecule has 0 atom stereocenters. The Labute approximate surface area is 329 Å². The Kier molecular flexibility index (Phi) is 6.29. The summed E-state index contributed by atoms with van der Waals surface area (Å²) < 4.78 is 50.6. The third-order valence-corrected chi connectivity index (χ3v) is 10.3. The SMILES string of the molecule is [2H]c1c([2H])c([2H])c(-c2cccc(-c3nc(-c4ccccc4)nc(-c4cccc5oc6ccc(-c7ccc8c(c7)c7ccccc7n8-c7ccccc7)cc6c45)n3)c2)c([2H])c1[2H]. The highest BCUT2D eigenvalue weighted by Gasteiger charge is 2.19. The first-order valence-electron chi connectivity index (χ1n) is 20.9. The fraction of sp³-hybridized carbons (Fsp3) is 0. The highest BCUT2D eigenvalue weighted by Crippen LogP contribution is 2.40. The lowest BCUT2D eigenvalue weighted by atomic mass is 9.99. The molecule has 0 N–H and O–H groups in total. The summed E-state index contributed by atoms with van der Waals surface area (Å²) in [5, 5.41) is 4.13. The van der Waals surface area contributed by atoms with Crippen LogP contribution in [0.15, 0.2) is 198 Å². The first-order chi connectivity index (χ1) is 29.8. The molecule has 0 saturated heterocycles. The van der Waals surface area contributed by atoms with E-state index in [1.165, 1.54) is 5.39 Å². The highest BCUT2D eigenvalue weighted by molar-refractivity contribution is 6.14. The van der Waals surface area contributed by atoms with Gasteiger partial charge in [-0.2, -0.15) is 0 Å². The molecule has 5 nitrogen and oxygen atoms in total. The molecule has 3 aromatic heterocycles. The Balaban J connectivity index is 1.08. The highest BCUT2D eigenvalue weighted by atomic mass is 16.3. The topological polar surface area (TPSA) is 56.7 Å². The van der Waals surface area contributed by atoms with Gasteiger partial charge in [-0.1, -0.05) is 139 Å². The molecular formula is C51H32N4O. The molecule has 0 aliphatic heterocycles. The van der Waals surface area contributed by atoms with Crippen molar-refractivity contribution in [2.45, 2.75) is 0 Å². The molecule has 0 saturated carbocycles. The van der Waals surface area contributed by atoms with Gasteiger partial charge in [-0.05, 0) is 76.9 Å². The van der Waals surface area contributed by atoms with E-state index in [2.05, 4.69) is 83.4 Å². The lowest BCUT2D eigenvalue weighted by molar-refractivity contribution is 0.669. The van der Waals surface area contributed by atoms with Crippen LogP contribution in [-0.4, -0.2) is 19.5 Å². The van der Waals surface area contributed by atoms with Crippen LogP contribution in [0.3, 0.4) is 0 Å². The maximum atomic E-state index is 8.62. The molecule has 0 spiro atoms. The molecule has 3 heterocycles. The van der Waals surface area contributed by atoms with Crippen LogP contribution in [0, 0.1) is 0 Å². The Bertz CT molecular complexity index is 3520. The first kappa shape index (κ1) is 27.0. The largest absolute Gasteiger partial charge is 0.456 e. The smallest absolute Gasteiger partial charge is 0.164 e. The van der Waals surface area contributed by atoms with Crippen LogP contribution in [0.4, 0.5) is 0 Å². The molecule has 0 radical (unpaired) electrons. The summed E-state index contributed by atoms with van der Waals surface area (Å²) >= 11 is 0. The quantitative estimate of drug-likeness (QED) is 0.172. The predicted molar refractivity (Wildman–Crippen MR) is 229 cm³/mol. The molecule has 11 rings (SSSR count). The average Bonchev–Trinajstić information content (AvgIpc) is 3.86. The second kappa shape index (κ2) is 13.0. The van der Waals surface area contributed by atoms with Crippen LogP contribution in [0.2, 0.25) is 0 Å². The summed E-state index contributed by atoms with van der Waals surface area (Å²) in [6, 6.07) is 52.8. The van der Waals surface area contributed by atoms with Crippen LogP contribution in [0.1, 0.15) is 6.85 Å². The number of hydrogen-bond acceptors (Lipinski definition) is 4. The number of hydrogen-bond donors (Lipinski definition) is 0. The van der Waals surface area contributed by atoms with Gasteiger partial charge in [0.2, 0.25) is 0 Å². The van der Waals surface area contributed by atoms with E-state index in [4.69, 9.17) is 26.2 Å². The Morgan fingerprint density at radius 3 is 1.88 bits per heavy atom. The molecule has 8 aromatic carbocycles. The van der Waals surface area contributed by atoms with Crippen molar-refractivity contribution in [2.75, 3.05) is 0 Å². The maximum absolute atomic E-state index is 8.62. The van der Waals surface area contributed by atoms with Gasteiger partial charge in [0, 0.05) is 43.9 Å². The first-order valence-corrected chi connectivity index (χ1v) is 18.4. The van der Waals surface area contributed by atoms with E-state index in [9.17, 15) is 0 Å². The minimum Gasteiger partial charge on any atom is -0.456 e. The van der Waals surface area contributed by atoms with Crippen molar-refractivity contribution >= 4 is 43.7 Å². The van der Waals surface area contributed by atoms with Gasteiger partial charge in [0.25, 0.3) is 0 Å². The standard InChI is InChI=1S/C51H32N4O/c1-4-14-33(15-5-1)35-18-12-19-38(30-35)50-52-49(34-16-6-2-7-17-34)53-51(54-50)41-23-13-25-47-48(41)43-32-37(27-29-46(43)56-47)36-26-28-45-42(31-36)40-22-10-11-24-44(40)55(45)39-20-8-3-9-21-39/h1-32H/i1D,4D,5D,14D,15D. The van der Waals surface area contributed by atoms with E-state index >= 15 is 0 Å². The molecule has 0 bridgehead atoms. The summed E-state index contributed by atoms with van der Waals surface area (Å²) in [4.78, 5) is 15.1. The van der Waals surface area contributed by atoms with E-state index < -0.39 is 18.1 Å². The van der Waals surface area contributed by atoms with E-state index in [1.54, 1.807) is 18.2 Å².